The van der Waals surface area contributed by atoms with Gasteiger partial charge in [-0.25, -0.2) is 0 Å². The molecule has 0 amide bonds. The van der Waals surface area contributed by atoms with Crippen LogP contribution in [0.2, 0.25) is 10.0 Å². The SMILES string of the molecule is Clc1cccc(Nc2n[nH]c3c2Cc2sccc2-3)c1Cl. The summed E-state index contributed by atoms with van der Waals surface area (Å²) in [6.07, 6.45) is 0.902. The summed E-state index contributed by atoms with van der Waals surface area (Å²) in [5.74, 6) is 0.813. The Morgan fingerprint density at radius 3 is 3.05 bits per heavy atom. The van der Waals surface area contributed by atoms with Gasteiger partial charge >= 0.3 is 0 Å². The van der Waals surface area contributed by atoms with Crippen LogP contribution in [-0.2, 0) is 6.42 Å². The molecular formula is C14H9Cl2N3S. The van der Waals surface area contributed by atoms with Crippen LogP contribution in [0.1, 0.15) is 10.4 Å². The standard InChI is InChI=1S/C14H9Cl2N3S/c15-9-2-1-3-10(12(9)16)17-14-8-6-11-7(4-5-20-11)13(8)18-19-14/h1-5H,6H2,(H2,17,18,19). The van der Waals surface area contributed by atoms with Gasteiger partial charge in [0.2, 0.25) is 0 Å². The molecule has 2 heterocycles. The van der Waals surface area contributed by atoms with Crippen molar-refractivity contribution in [3.63, 3.8) is 0 Å². The summed E-state index contributed by atoms with van der Waals surface area (Å²) in [6, 6.07) is 7.64. The van der Waals surface area contributed by atoms with Gasteiger partial charge in [0.1, 0.15) is 0 Å². The lowest BCUT2D eigenvalue weighted by Crippen LogP contribution is -1.95. The number of thiophene rings is 1. The largest absolute Gasteiger partial charge is 0.337 e. The Labute approximate surface area is 129 Å². The molecule has 2 N–H and O–H groups in total. The van der Waals surface area contributed by atoms with E-state index in [1.807, 2.05) is 12.1 Å². The Morgan fingerprint density at radius 2 is 2.15 bits per heavy atom. The zero-order valence-corrected chi connectivity index (χ0v) is 12.5. The second-order valence-electron chi connectivity index (χ2n) is 4.59. The van der Waals surface area contributed by atoms with Crippen LogP contribution in [0.25, 0.3) is 11.3 Å². The van der Waals surface area contributed by atoms with Crippen molar-refractivity contribution < 1.29 is 0 Å². The van der Waals surface area contributed by atoms with Crippen LogP contribution in [0, 0.1) is 0 Å². The topological polar surface area (TPSA) is 40.7 Å². The van der Waals surface area contributed by atoms with Crippen LogP contribution in [0.4, 0.5) is 11.5 Å². The molecular weight excluding hydrogens is 313 g/mol. The predicted molar refractivity (Wildman–Crippen MR) is 84.5 cm³/mol. The molecule has 0 unspecified atom stereocenters. The van der Waals surface area contributed by atoms with Crippen molar-refractivity contribution in [2.45, 2.75) is 6.42 Å². The molecule has 3 aromatic rings. The van der Waals surface area contributed by atoms with Crippen molar-refractivity contribution >= 4 is 46.0 Å². The minimum atomic E-state index is 0.513. The second kappa shape index (κ2) is 4.52. The summed E-state index contributed by atoms with van der Waals surface area (Å²) >= 11 is 14.0. The predicted octanol–water partition coefficient (Wildman–Crippen LogP) is 5.09. The van der Waals surface area contributed by atoms with Crippen molar-refractivity contribution in [1.82, 2.24) is 10.2 Å². The summed E-state index contributed by atoms with van der Waals surface area (Å²) in [5, 5.41) is 13.9. The summed E-state index contributed by atoms with van der Waals surface area (Å²) < 4.78 is 0. The van der Waals surface area contributed by atoms with E-state index in [1.54, 1.807) is 17.4 Å². The van der Waals surface area contributed by atoms with E-state index in [-0.39, 0.29) is 0 Å². The van der Waals surface area contributed by atoms with E-state index in [0.717, 1.165) is 23.6 Å². The van der Waals surface area contributed by atoms with Gasteiger partial charge in [0, 0.05) is 22.4 Å². The van der Waals surface area contributed by atoms with Gasteiger partial charge in [-0.05, 0) is 23.6 Å². The zero-order valence-electron chi connectivity index (χ0n) is 10.2. The van der Waals surface area contributed by atoms with E-state index in [1.165, 1.54) is 16.0 Å². The molecule has 1 aliphatic carbocycles. The number of hydrogen-bond donors (Lipinski definition) is 2. The van der Waals surface area contributed by atoms with Crippen LogP contribution in [0.15, 0.2) is 29.6 Å². The molecule has 1 aromatic carbocycles. The van der Waals surface area contributed by atoms with Crippen LogP contribution >= 0.6 is 34.5 Å². The van der Waals surface area contributed by atoms with Crippen molar-refractivity contribution in [3.8, 4) is 11.3 Å². The number of aromatic nitrogens is 2. The van der Waals surface area contributed by atoms with Gasteiger partial charge in [-0.15, -0.1) is 11.3 Å². The van der Waals surface area contributed by atoms with E-state index in [2.05, 4.69) is 27.0 Å². The normalized spacial score (nSPS) is 12.3. The van der Waals surface area contributed by atoms with Crippen LogP contribution in [0.5, 0.6) is 0 Å². The van der Waals surface area contributed by atoms with E-state index < -0.39 is 0 Å². The molecule has 0 aliphatic heterocycles. The van der Waals surface area contributed by atoms with Crippen molar-refractivity contribution in [3.05, 3.63) is 50.1 Å². The van der Waals surface area contributed by atoms with Gasteiger partial charge < -0.3 is 5.32 Å². The monoisotopic (exact) mass is 321 g/mol. The number of nitrogens with one attached hydrogen (secondary N) is 2. The summed E-state index contributed by atoms with van der Waals surface area (Å²) in [5.41, 5.74) is 4.30. The van der Waals surface area contributed by atoms with E-state index in [9.17, 15) is 0 Å². The zero-order chi connectivity index (χ0) is 13.7. The molecule has 3 nitrogen and oxygen atoms in total. The molecule has 0 spiro atoms. The average molecular weight is 322 g/mol. The minimum Gasteiger partial charge on any atom is -0.337 e. The quantitative estimate of drug-likeness (QED) is 0.539. The minimum absolute atomic E-state index is 0.513. The smallest absolute Gasteiger partial charge is 0.156 e. The fourth-order valence-corrected chi connectivity index (χ4v) is 3.69. The highest BCUT2D eigenvalue weighted by Crippen LogP contribution is 2.42. The number of anilines is 2. The highest BCUT2D eigenvalue weighted by molar-refractivity contribution is 7.10. The Kier molecular flexibility index (Phi) is 2.77. The Morgan fingerprint density at radius 1 is 1.25 bits per heavy atom. The lowest BCUT2D eigenvalue weighted by Gasteiger charge is -2.07. The molecule has 6 heteroatoms. The molecule has 0 radical (unpaired) electrons. The number of nitrogens with zero attached hydrogens (tertiary/aromatic N) is 1. The van der Waals surface area contributed by atoms with Crippen molar-refractivity contribution in [2.75, 3.05) is 5.32 Å². The van der Waals surface area contributed by atoms with E-state index in [4.69, 9.17) is 23.2 Å². The molecule has 2 aromatic heterocycles. The maximum atomic E-state index is 6.20. The highest BCUT2D eigenvalue weighted by atomic mass is 35.5. The number of H-pyrrole nitrogens is 1. The third-order valence-corrected chi connectivity index (χ3v) is 5.16. The number of halogens is 2. The van der Waals surface area contributed by atoms with Gasteiger partial charge in [0.25, 0.3) is 0 Å². The van der Waals surface area contributed by atoms with E-state index in [0.29, 0.717) is 10.0 Å². The first kappa shape index (κ1) is 12.3. The number of hydrogen-bond acceptors (Lipinski definition) is 3. The van der Waals surface area contributed by atoms with Crippen LogP contribution in [0.3, 0.4) is 0 Å². The van der Waals surface area contributed by atoms with Gasteiger partial charge in [0.15, 0.2) is 5.82 Å². The molecule has 0 fully saturated rings. The molecule has 0 saturated carbocycles. The van der Waals surface area contributed by atoms with Crippen molar-refractivity contribution in [2.24, 2.45) is 0 Å². The number of benzene rings is 1. The molecule has 1 aliphatic rings. The van der Waals surface area contributed by atoms with Gasteiger partial charge in [-0.3, -0.25) is 5.10 Å². The number of rotatable bonds is 2. The van der Waals surface area contributed by atoms with E-state index >= 15 is 0 Å². The van der Waals surface area contributed by atoms with Gasteiger partial charge in [0.05, 0.1) is 21.4 Å². The third kappa shape index (κ3) is 1.76. The summed E-state index contributed by atoms with van der Waals surface area (Å²) in [6.45, 7) is 0. The van der Waals surface area contributed by atoms with Gasteiger partial charge in [-0.2, -0.15) is 5.10 Å². The molecule has 0 atom stereocenters. The number of aromatic amines is 1. The lowest BCUT2D eigenvalue weighted by atomic mass is 10.2. The molecule has 20 heavy (non-hydrogen) atoms. The summed E-state index contributed by atoms with van der Waals surface area (Å²) in [7, 11) is 0. The fourth-order valence-electron chi connectivity index (χ4n) is 2.45. The average Bonchev–Trinajstić information content (AvgIpc) is 3.08. The Hall–Kier alpha value is -1.49. The first-order valence-electron chi connectivity index (χ1n) is 6.09. The van der Waals surface area contributed by atoms with Crippen LogP contribution in [-0.4, -0.2) is 10.2 Å². The molecule has 0 saturated heterocycles. The maximum Gasteiger partial charge on any atom is 0.156 e. The van der Waals surface area contributed by atoms with Crippen LogP contribution < -0.4 is 5.32 Å². The first-order chi connectivity index (χ1) is 9.74. The first-order valence-corrected chi connectivity index (χ1v) is 7.72. The maximum absolute atomic E-state index is 6.20. The Balaban J connectivity index is 1.73. The molecule has 4 rings (SSSR count). The third-order valence-electron chi connectivity index (χ3n) is 3.42. The number of fused-ring (bicyclic) bond motifs is 3. The second-order valence-corrected chi connectivity index (χ2v) is 6.37. The van der Waals surface area contributed by atoms with Gasteiger partial charge in [-0.1, -0.05) is 29.3 Å². The lowest BCUT2D eigenvalue weighted by molar-refractivity contribution is 1.09. The fraction of sp³-hybridized carbons (Fsp3) is 0.0714. The molecule has 100 valence electrons. The highest BCUT2D eigenvalue weighted by Gasteiger charge is 2.25. The molecule has 0 bridgehead atoms. The Bertz CT molecular complexity index is 807. The van der Waals surface area contributed by atoms with Crippen molar-refractivity contribution in [1.29, 1.82) is 0 Å². The summed E-state index contributed by atoms with van der Waals surface area (Å²) in [4.78, 5) is 1.37.